The van der Waals surface area contributed by atoms with Gasteiger partial charge in [0.2, 0.25) is 0 Å². The fourth-order valence-electron chi connectivity index (χ4n) is 1.46. The number of amides is 1. The molecule has 1 aromatic rings. The molecule has 106 valence electrons. The van der Waals surface area contributed by atoms with E-state index in [1.54, 1.807) is 30.1 Å². The molecule has 5 nitrogen and oxygen atoms in total. The number of nitrogens with zero attached hydrogens (tertiary/aromatic N) is 1. The molecule has 0 bridgehead atoms. The fourth-order valence-corrected chi connectivity index (χ4v) is 1.46. The molecule has 0 saturated heterocycles. The fraction of sp³-hybridized carbons (Fsp3) is 0.500. The summed E-state index contributed by atoms with van der Waals surface area (Å²) in [6, 6.07) is 5.24. The maximum atomic E-state index is 11.8. The van der Waals surface area contributed by atoms with Crippen LogP contribution in [0.1, 0.15) is 19.4 Å². The van der Waals surface area contributed by atoms with Crippen molar-refractivity contribution < 1.29 is 19.4 Å². The van der Waals surface area contributed by atoms with Gasteiger partial charge >= 0.3 is 0 Å². The molecular formula is C14H21NO4. The molecule has 0 aliphatic heterocycles. The normalized spacial score (nSPS) is 10.4. The van der Waals surface area contributed by atoms with Crippen molar-refractivity contribution in [3.05, 3.63) is 23.8 Å². The molecule has 1 amide bonds. The van der Waals surface area contributed by atoms with Gasteiger partial charge in [-0.05, 0) is 31.5 Å². The van der Waals surface area contributed by atoms with Crippen LogP contribution < -0.4 is 9.47 Å². The molecule has 0 fully saturated rings. The van der Waals surface area contributed by atoms with Gasteiger partial charge < -0.3 is 19.5 Å². The van der Waals surface area contributed by atoms with Gasteiger partial charge in [0.05, 0.1) is 13.7 Å². The van der Waals surface area contributed by atoms with Gasteiger partial charge in [-0.2, -0.15) is 0 Å². The summed E-state index contributed by atoms with van der Waals surface area (Å²) in [7, 11) is 3.26. The summed E-state index contributed by atoms with van der Waals surface area (Å²) >= 11 is 0. The summed E-state index contributed by atoms with van der Waals surface area (Å²) < 4.78 is 10.6. The smallest absolute Gasteiger partial charge is 0.260 e. The largest absolute Gasteiger partial charge is 0.493 e. The lowest BCUT2D eigenvalue weighted by Gasteiger charge is -2.21. The Kier molecular flexibility index (Phi) is 5.63. The highest BCUT2D eigenvalue weighted by Crippen LogP contribution is 2.28. The van der Waals surface area contributed by atoms with E-state index in [1.165, 1.54) is 7.11 Å². The Morgan fingerprint density at radius 3 is 2.58 bits per heavy atom. The summed E-state index contributed by atoms with van der Waals surface area (Å²) in [4.78, 5) is 13.4. The van der Waals surface area contributed by atoms with Crippen LogP contribution in [-0.4, -0.2) is 42.7 Å². The van der Waals surface area contributed by atoms with Crippen LogP contribution in [0, 0.1) is 0 Å². The lowest BCUT2D eigenvalue weighted by molar-refractivity contribution is -0.133. The summed E-state index contributed by atoms with van der Waals surface area (Å²) in [5.41, 5.74) is 0.709. The van der Waals surface area contributed by atoms with Crippen molar-refractivity contribution in [1.82, 2.24) is 4.90 Å². The second-order valence-electron chi connectivity index (χ2n) is 4.53. The van der Waals surface area contributed by atoms with Crippen LogP contribution in [0.25, 0.3) is 0 Å². The van der Waals surface area contributed by atoms with Gasteiger partial charge in [-0.25, -0.2) is 0 Å². The van der Waals surface area contributed by atoms with Crippen molar-refractivity contribution in [2.24, 2.45) is 0 Å². The van der Waals surface area contributed by atoms with Crippen molar-refractivity contribution in [2.45, 2.75) is 26.5 Å². The van der Waals surface area contributed by atoms with Crippen LogP contribution in [0.5, 0.6) is 11.5 Å². The molecule has 1 rings (SSSR count). The lowest BCUT2D eigenvalue weighted by atomic mass is 10.2. The van der Waals surface area contributed by atoms with E-state index in [-0.39, 0.29) is 25.2 Å². The number of aliphatic hydroxyl groups is 1. The van der Waals surface area contributed by atoms with Gasteiger partial charge in [-0.3, -0.25) is 4.79 Å². The number of likely N-dealkylation sites (N-methyl/N-ethyl adjacent to an activating group) is 1. The predicted octanol–water partition coefficient (Wildman–Crippen LogP) is 1.43. The minimum absolute atomic E-state index is 0.0556. The molecule has 0 aromatic heterocycles. The molecule has 1 aromatic carbocycles. The van der Waals surface area contributed by atoms with Gasteiger partial charge in [0.25, 0.3) is 5.91 Å². The summed E-state index contributed by atoms with van der Waals surface area (Å²) in [6.07, 6.45) is 0. The predicted molar refractivity (Wildman–Crippen MR) is 72.3 cm³/mol. The summed E-state index contributed by atoms with van der Waals surface area (Å²) in [5, 5.41) is 9.09. The van der Waals surface area contributed by atoms with Crippen LogP contribution >= 0.6 is 0 Å². The van der Waals surface area contributed by atoms with Crippen LogP contribution in [0.4, 0.5) is 0 Å². The van der Waals surface area contributed by atoms with Crippen molar-refractivity contribution in [1.29, 1.82) is 0 Å². The van der Waals surface area contributed by atoms with E-state index in [0.29, 0.717) is 17.1 Å². The van der Waals surface area contributed by atoms with Gasteiger partial charge in [0, 0.05) is 13.1 Å². The molecule has 19 heavy (non-hydrogen) atoms. The van der Waals surface area contributed by atoms with Crippen molar-refractivity contribution in [2.75, 3.05) is 20.8 Å². The third-order valence-corrected chi connectivity index (χ3v) is 2.93. The first-order valence-corrected chi connectivity index (χ1v) is 6.15. The number of aliphatic hydroxyl groups excluding tert-OH is 1. The van der Waals surface area contributed by atoms with Crippen molar-refractivity contribution in [3.8, 4) is 11.5 Å². The highest BCUT2D eigenvalue weighted by molar-refractivity contribution is 5.77. The first-order valence-electron chi connectivity index (χ1n) is 6.15. The van der Waals surface area contributed by atoms with Crippen LogP contribution in [-0.2, 0) is 11.4 Å². The number of hydrogen-bond donors (Lipinski definition) is 1. The van der Waals surface area contributed by atoms with E-state index < -0.39 is 0 Å². The number of carbonyl (C=O) groups excluding carboxylic acids is 1. The van der Waals surface area contributed by atoms with Crippen LogP contribution in [0.2, 0.25) is 0 Å². The van der Waals surface area contributed by atoms with E-state index >= 15 is 0 Å². The first kappa shape index (κ1) is 15.3. The number of benzene rings is 1. The van der Waals surface area contributed by atoms with E-state index in [9.17, 15) is 4.79 Å². The second-order valence-corrected chi connectivity index (χ2v) is 4.53. The second kappa shape index (κ2) is 6.99. The molecule has 0 heterocycles. The standard InChI is InChI=1S/C14H21NO4/c1-10(2)15(3)14(17)9-19-13-7-11(8-16)5-6-12(13)18-4/h5-7,10,16H,8-9H2,1-4H3. The maximum absolute atomic E-state index is 11.8. The highest BCUT2D eigenvalue weighted by Gasteiger charge is 2.14. The Labute approximate surface area is 113 Å². The average Bonchev–Trinajstić information content (AvgIpc) is 2.43. The van der Waals surface area contributed by atoms with Crippen molar-refractivity contribution in [3.63, 3.8) is 0 Å². The first-order chi connectivity index (χ1) is 8.99. The number of carbonyl (C=O) groups is 1. The Morgan fingerprint density at radius 2 is 2.05 bits per heavy atom. The minimum Gasteiger partial charge on any atom is -0.493 e. The number of rotatable bonds is 6. The Hall–Kier alpha value is -1.75. The molecule has 0 unspecified atom stereocenters. The molecule has 0 aliphatic carbocycles. The molecule has 0 spiro atoms. The third kappa shape index (κ3) is 4.13. The minimum atomic E-state index is -0.105. The number of hydrogen-bond acceptors (Lipinski definition) is 4. The topological polar surface area (TPSA) is 59.0 Å². The highest BCUT2D eigenvalue weighted by atomic mass is 16.5. The number of ether oxygens (including phenoxy) is 2. The third-order valence-electron chi connectivity index (χ3n) is 2.93. The van der Waals surface area contributed by atoms with E-state index in [0.717, 1.165) is 0 Å². The van der Waals surface area contributed by atoms with Gasteiger partial charge in [-0.1, -0.05) is 6.07 Å². The molecule has 0 atom stereocenters. The molecule has 0 radical (unpaired) electrons. The summed E-state index contributed by atoms with van der Waals surface area (Å²) in [5.74, 6) is 0.892. The van der Waals surface area contributed by atoms with Crippen LogP contribution in [0.15, 0.2) is 18.2 Å². The molecule has 0 saturated carbocycles. The molecule has 1 N–H and O–H groups in total. The van der Waals surface area contributed by atoms with Crippen molar-refractivity contribution >= 4 is 5.91 Å². The maximum Gasteiger partial charge on any atom is 0.260 e. The van der Waals surface area contributed by atoms with Gasteiger partial charge in [0.15, 0.2) is 18.1 Å². The molecule has 5 heteroatoms. The molecular weight excluding hydrogens is 246 g/mol. The van der Waals surface area contributed by atoms with E-state index in [2.05, 4.69) is 0 Å². The summed E-state index contributed by atoms with van der Waals surface area (Å²) in [6.45, 7) is 3.73. The van der Waals surface area contributed by atoms with E-state index in [1.807, 2.05) is 13.8 Å². The average molecular weight is 267 g/mol. The molecule has 0 aliphatic rings. The lowest BCUT2D eigenvalue weighted by Crippen LogP contribution is -2.36. The SMILES string of the molecule is COc1ccc(CO)cc1OCC(=O)N(C)C(C)C. The zero-order valence-electron chi connectivity index (χ0n) is 11.8. The number of methoxy groups -OCH3 is 1. The zero-order chi connectivity index (χ0) is 14.4. The Bertz CT molecular complexity index is 431. The van der Waals surface area contributed by atoms with Crippen LogP contribution in [0.3, 0.4) is 0 Å². The van der Waals surface area contributed by atoms with Gasteiger partial charge in [0.1, 0.15) is 0 Å². The zero-order valence-corrected chi connectivity index (χ0v) is 11.8. The Morgan fingerprint density at radius 1 is 1.37 bits per heavy atom. The van der Waals surface area contributed by atoms with E-state index in [4.69, 9.17) is 14.6 Å². The quantitative estimate of drug-likeness (QED) is 0.847. The monoisotopic (exact) mass is 267 g/mol. The van der Waals surface area contributed by atoms with Gasteiger partial charge in [-0.15, -0.1) is 0 Å². The Balaban J connectivity index is 2.73.